The summed E-state index contributed by atoms with van der Waals surface area (Å²) in [6.45, 7) is 0. The zero-order valence-electron chi connectivity index (χ0n) is 9.76. The van der Waals surface area contributed by atoms with E-state index in [1.54, 1.807) is 11.8 Å². The fraction of sp³-hybridized carbons (Fsp3) is 1.00. The molecule has 2 bridgehead atoms. The third kappa shape index (κ3) is 1.60. The van der Waals surface area contributed by atoms with E-state index in [1.807, 2.05) is 0 Å². The quantitative estimate of drug-likeness (QED) is 0.720. The average molecular weight is 277 g/mol. The molecule has 3 aliphatic rings. The van der Waals surface area contributed by atoms with Gasteiger partial charge in [0.15, 0.2) is 9.84 Å². The molecule has 3 rings (SSSR count). The van der Waals surface area contributed by atoms with E-state index in [9.17, 15) is 13.5 Å². The van der Waals surface area contributed by atoms with Crippen molar-refractivity contribution in [3.63, 3.8) is 0 Å². The minimum absolute atomic E-state index is 0.350. The third-order valence-electron chi connectivity index (χ3n) is 4.85. The van der Waals surface area contributed by atoms with E-state index in [0.29, 0.717) is 25.7 Å². The summed E-state index contributed by atoms with van der Waals surface area (Å²) in [6, 6.07) is 0. The number of thioether (sulfide) groups is 1. The first-order chi connectivity index (χ1) is 7.87. The van der Waals surface area contributed by atoms with Crippen LogP contribution in [-0.4, -0.2) is 46.7 Å². The highest BCUT2D eigenvalue weighted by molar-refractivity contribution is 7.99. The lowest BCUT2D eigenvalue weighted by Gasteiger charge is -2.46. The van der Waals surface area contributed by atoms with Crippen molar-refractivity contribution in [2.45, 2.75) is 53.7 Å². The highest BCUT2D eigenvalue weighted by Gasteiger charge is 2.59. The van der Waals surface area contributed by atoms with Crippen molar-refractivity contribution in [1.29, 1.82) is 0 Å². The van der Waals surface area contributed by atoms with Crippen molar-refractivity contribution in [3.05, 3.63) is 0 Å². The standard InChI is InChI=1S/C11H19NO3S2/c12-10(3-4-16-7-10)11(13)5-8-1-2-9(6-11)17(8,14)15/h8-9,13H,1-7,12H2. The smallest absolute Gasteiger partial charge is 0.156 e. The predicted molar refractivity (Wildman–Crippen MR) is 68.8 cm³/mol. The summed E-state index contributed by atoms with van der Waals surface area (Å²) in [7, 11) is -2.98. The largest absolute Gasteiger partial charge is 0.388 e. The van der Waals surface area contributed by atoms with Gasteiger partial charge in [-0.3, -0.25) is 0 Å². The Morgan fingerprint density at radius 3 is 2.29 bits per heavy atom. The summed E-state index contributed by atoms with van der Waals surface area (Å²) in [5.74, 6) is 1.73. The highest BCUT2D eigenvalue weighted by Crippen LogP contribution is 2.49. The van der Waals surface area contributed by atoms with Crippen molar-refractivity contribution in [2.75, 3.05) is 11.5 Å². The van der Waals surface area contributed by atoms with E-state index in [-0.39, 0.29) is 10.5 Å². The molecular weight excluding hydrogens is 258 g/mol. The lowest BCUT2D eigenvalue weighted by atomic mass is 9.74. The molecule has 6 heteroatoms. The van der Waals surface area contributed by atoms with Gasteiger partial charge >= 0.3 is 0 Å². The number of nitrogens with two attached hydrogens (primary N) is 1. The van der Waals surface area contributed by atoms with Crippen molar-refractivity contribution < 1.29 is 13.5 Å². The Balaban J connectivity index is 1.92. The molecule has 0 aromatic carbocycles. The molecule has 3 N–H and O–H groups in total. The summed E-state index contributed by atoms with van der Waals surface area (Å²) < 4.78 is 24.0. The van der Waals surface area contributed by atoms with Gasteiger partial charge in [0.25, 0.3) is 0 Å². The summed E-state index contributed by atoms with van der Waals surface area (Å²) in [4.78, 5) is 0. The van der Waals surface area contributed by atoms with Gasteiger partial charge in [0.05, 0.1) is 21.6 Å². The summed E-state index contributed by atoms with van der Waals surface area (Å²) in [6.07, 6.45) is 2.91. The Morgan fingerprint density at radius 2 is 1.82 bits per heavy atom. The zero-order chi connectivity index (χ0) is 12.3. The third-order valence-corrected chi connectivity index (χ3v) is 8.72. The maximum atomic E-state index is 12.0. The van der Waals surface area contributed by atoms with Crippen LogP contribution in [0.4, 0.5) is 0 Å². The van der Waals surface area contributed by atoms with Crippen LogP contribution in [0.15, 0.2) is 0 Å². The fourth-order valence-corrected chi connectivity index (χ4v) is 7.52. The van der Waals surface area contributed by atoms with Gasteiger partial charge in [-0.15, -0.1) is 0 Å². The Hall–Kier alpha value is 0.220. The Bertz CT molecular complexity index is 408. The van der Waals surface area contributed by atoms with Crippen molar-refractivity contribution in [1.82, 2.24) is 0 Å². The Labute approximate surface area is 106 Å². The minimum Gasteiger partial charge on any atom is -0.388 e. The van der Waals surface area contributed by atoms with Crippen molar-refractivity contribution in [2.24, 2.45) is 5.73 Å². The lowest BCUT2D eigenvalue weighted by molar-refractivity contribution is -0.0410. The van der Waals surface area contributed by atoms with E-state index in [0.717, 1.165) is 17.9 Å². The second-order valence-electron chi connectivity index (χ2n) is 5.81. The molecule has 3 atom stereocenters. The van der Waals surface area contributed by atoms with Gasteiger partial charge < -0.3 is 10.8 Å². The van der Waals surface area contributed by atoms with Gasteiger partial charge in [-0.25, -0.2) is 8.42 Å². The zero-order valence-corrected chi connectivity index (χ0v) is 11.4. The molecule has 4 nitrogen and oxygen atoms in total. The summed E-state index contributed by atoms with van der Waals surface area (Å²) >= 11 is 1.76. The molecule has 0 aromatic heterocycles. The molecule has 0 saturated carbocycles. The van der Waals surface area contributed by atoms with Gasteiger partial charge in [-0.2, -0.15) is 11.8 Å². The molecule has 0 aromatic rings. The van der Waals surface area contributed by atoms with E-state index >= 15 is 0 Å². The van der Waals surface area contributed by atoms with Crippen LogP contribution in [0.5, 0.6) is 0 Å². The van der Waals surface area contributed by atoms with E-state index in [4.69, 9.17) is 5.73 Å². The number of hydrogen-bond acceptors (Lipinski definition) is 5. The van der Waals surface area contributed by atoms with Gasteiger partial charge in [0.2, 0.25) is 0 Å². The minimum atomic E-state index is -2.98. The maximum absolute atomic E-state index is 12.0. The van der Waals surface area contributed by atoms with Crippen molar-refractivity contribution in [3.8, 4) is 0 Å². The first-order valence-corrected chi connectivity index (χ1v) is 8.96. The van der Waals surface area contributed by atoms with E-state index in [1.165, 1.54) is 0 Å². The van der Waals surface area contributed by atoms with E-state index in [2.05, 4.69) is 0 Å². The molecule has 0 radical (unpaired) electrons. The van der Waals surface area contributed by atoms with E-state index < -0.39 is 21.0 Å². The van der Waals surface area contributed by atoms with Gasteiger partial charge in [0.1, 0.15) is 0 Å². The number of aliphatic hydroxyl groups is 1. The van der Waals surface area contributed by atoms with Crippen LogP contribution in [-0.2, 0) is 9.84 Å². The molecule has 98 valence electrons. The van der Waals surface area contributed by atoms with Crippen LogP contribution >= 0.6 is 11.8 Å². The molecule has 3 saturated heterocycles. The molecule has 0 amide bonds. The molecule has 0 spiro atoms. The summed E-state index contributed by atoms with van der Waals surface area (Å²) in [5.41, 5.74) is 4.80. The normalized spacial score (nSPS) is 52.8. The van der Waals surface area contributed by atoms with Crippen molar-refractivity contribution >= 4 is 21.6 Å². The molecule has 0 aliphatic carbocycles. The van der Waals surface area contributed by atoms with Crippen LogP contribution in [0.1, 0.15) is 32.1 Å². The second-order valence-corrected chi connectivity index (χ2v) is 9.43. The predicted octanol–water partition coefficient (Wildman–Crippen LogP) is 0.291. The van der Waals surface area contributed by atoms with Crippen LogP contribution in [0.2, 0.25) is 0 Å². The molecule has 17 heavy (non-hydrogen) atoms. The lowest BCUT2D eigenvalue weighted by Crippen LogP contribution is -2.65. The van der Waals surface area contributed by atoms with Gasteiger partial charge in [-0.1, -0.05) is 0 Å². The van der Waals surface area contributed by atoms with Crippen LogP contribution < -0.4 is 5.73 Å². The van der Waals surface area contributed by atoms with Crippen LogP contribution in [0, 0.1) is 0 Å². The number of sulfone groups is 1. The van der Waals surface area contributed by atoms with Gasteiger partial charge in [0, 0.05) is 5.75 Å². The first kappa shape index (κ1) is 12.3. The second kappa shape index (κ2) is 3.62. The fourth-order valence-electron chi connectivity index (χ4n) is 3.60. The average Bonchev–Trinajstić information content (AvgIpc) is 2.71. The number of hydrogen-bond donors (Lipinski definition) is 2. The molecule has 3 heterocycles. The number of rotatable bonds is 1. The summed E-state index contributed by atoms with van der Waals surface area (Å²) in [5, 5.41) is 10.1. The molecular formula is C11H19NO3S2. The maximum Gasteiger partial charge on any atom is 0.156 e. The first-order valence-electron chi connectivity index (χ1n) is 6.19. The van der Waals surface area contributed by atoms with Crippen LogP contribution in [0.3, 0.4) is 0 Å². The topological polar surface area (TPSA) is 80.4 Å². The Kier molecular flexibility index (Phi) is 2.61. The Morgan fingerprint density at radius 1 is 1.24 bits per heavy atom. The SMILES string of the molecule is NC1(C2(O)CC3CCC(C2)S3(=O)=O)CCSC1. The molecule has 3 aliphatic heterocycles. The number of fused-ring (bicyclic) bond motifs is 2. The van der Waals surface area contributed by atoms with Crippen LogP contribution in [0.25, 0.3) is 0 Å². The molecule has 3 unspecified atom stereocenters. The highest BCUT2D eigenvalue weighted by atomic mass is 32.2. The van der Waals surface area contributed by atoms with Gasteiger partial charge in [-0.05, 0) is 37.9 Å². The monoisotopic (exact) mass is 277 g/mol. The molecule has 3 fully saturated rings.